The van der Waals surface area contributed by atoms with Crippen molar-refractivity contribution in [3.05, 3.63) is 52.8 Å². The van der Waals surface area contributed by atoms with Crippen LogP contribution in [0.4, 0.5) is 5.69 Å². The van der Waals surface area contributed by atoms with E-state index in [9.17, 15) is 9.90 Å². The molecule has 0 saturated carbocycles. The van der Waals surface area contributed by atoms with Crippen LogP contribution >= 0.6 is 11.6 Å². The number of nitrogens with zero attached hydrogens (tertiary/aromatic N) is 3. The van der Waals surface area contributed by atoms with Crippen LogP contribution in [0.3, 0.4) is 0 Å². The second-order valence-corrected chi connectivity index (χ2v) is 5.87. The predicted octanol–water partition coefficient (Wildman–Crippen LogP) is 3.39. The maximum absolute atomic E-state index is 11.7. The zero-order valence-corrected chi connectivity index (χ0v) is 13.9. The topological polar surface area (TPSA) is 94.0 Å². The number of rotatable bonds is 3. The van der Waals surface area contributed by atoms with Crippen molar-refractivity contribution in [3.63, 3.8) is 0 Å². The minimum absolute atomic E-state index is 0.0498. The van der Waals surface area contributed by atoms with E-state index in [2.05, 4.69) is 10.1 Å². The summed E-state index contributed by atoms with van der Waals surface area (Å²) in [7, 11) is 1.77. The predicted molar refractivity (Wildman–Crippen MR) is 93.0 cm³/mol. The number of carbonyl (C=O) groups is 1. The first kappa shape index (κ1) is 16.0. The first-order valence-electron chi connectivity index (χ1n) is 7.16. The fourth-order valence-electron chi connectivity index (χ4n) is 2.62. The summed E-state index contributed by atoms with van der Waals surface area (Å²) in [4.78, 5) is 16.3. The summed E-state index contributed by atoms with van der Waals surface area (Å²) in [5.74, 6) is -1.09. The molecule has 122 valence electrons. The van der Waals surface area contributed by atoms with E-state index < -0.39 is 5.97 Å². The van der Waals surface area contributed by atoms with Crippen LogP contribution in [0.15, 0.2) is 36.7 Å². The molecule has 6 nitrogen and oxygen atoms in total. The molecule has 3 rings (SSSR count). The highest BCUT2D eigenvalue weighted by Gasteiger charge is 2.22. The monoisotopic (exact) mass is 342 g/mol. The molecule has 0 aliphatic carbocycles. The summed E-state index contributed by atoms with van der Waals surface area (Å²) >= 11 is 5.93. The highest BCUT2D eigenvalue weighted by atomic mass is 35.5. The van der Waals surface area contributed by atoms with Crippen molar-refractivity contribution < 1.29 is 9.90 Å². The van der Waals surface area contributed by atoms with E-state index in [1.165, 1.54) is 0 Å². The minimum Gasteiger partial charge on any atom is -0.478 e. The quantitative estimate of drug-likeness (QED) is 0.760. The lowest BCUT2D eigenvalue weighted by Crippen LogP contribution is -2.10. The molecule has 0 unspecified atom stereocenters. The second kappa shape index (κ2) is 5.98. The molecule has 3 N–H and O–H groups in total. The van der Waals surface area contributed by atoms with Gasteiger partial charge in [-0.1, -0.05) is 23.7 Å². The molecule has 0 amide bonds. The molecular formula is C17H15ClN4O2. The van der Waals surface area contributed by atoms with Crippen molar-refractivity contribution in [2.75, 3.05) is 5.73 Å². The Kier molecular flexibility index (Phi) is 3.99. The van der Waals surface area contributed by atoms with Gasteiger partial charge in [0.1, 0.15) is 0 Å². The SMILES string of the molecule is Cc1c(-c2ccc(Cl)cc2)nc(-c2cnn(C)c2)c(N)c1C(=O)O. The molecule has 0 fully saturated rings. The average Bonchev–Trinajstić information content (AvgIpc) is 2.95. The Bertz CT molecular complexity index is 933. The van der Waals surface area contributed by atoms with Gasteiger partial charge in [0.15, 0.2) is 0 Å². The number of aromatic nitrogens is 3. The minimum atomic E-state index is -1.09. The molecule has 24 heavy (non-hydrogen) atoms. The van der Waals surface area contributed by atoms with Gasteiger partial charge in [0.2, 0.25) is 0 Å². The molecule has 7 heteroatoms. The number of halogens is 1. The summed E-state index contributed by atoms with van der Waals surface area (Å²) in [5.41, 5.74) is 9.17. The van der Waals surface area contributed by atoms with E-state index in [0.717, 1.165) is 5.56 Å². The van der Waals surface area contributed by atoms with Gasteiger partial charge in [-0.15, -0.1) is 0 Å². The molecular weight excluding hydrogens is 328 g/mol. The van der Waals surface area contributed by atoms with Gasteiger partial charge < -0.3 is 10.8 Å². The van der Waals surface area contributed by atoms with Gasteiger partial charge >= 0.3 is 5.97 Å². The Balaban J connectivity index is 2.31. The third kappa shape index (κ3) is 2.72. The largest absolute Gasteiger partial charge is 0.478 e. The van der Waals surface area contributed by atoms with Gasteiger partial charge in [0.05, 0.1) is 28.8 Å². The van der Waals surface area contributed by atoms with Gasteiger partial charge in [0.25, 0.3) is 0 Å². The molecule has 0 spiro atoms. The molecule has 0 radical (unpaired) electrons. The Labute approximate surface area is 143 Å². The Hall–Kier alpha value is -2.86. The number of carboxylic acids is 1. The van der Waals surface area contributed by atoms with Crippen molar-refractivity contribution in [2.24, 2.45) is 7.05 Å². The summed E-state index contributed by atoms with van der Waals surface area (Å²) in [6, 6.07) is 7.07. The lowest BCUT2D eigenvalue weighted by molar-refractivity contribution is 0.0697. The first-order valence-corrected chi connectivity index (χ1v) is 7.54. The van der Waals surface area contributed by atoms with Crippen molar-refractivity contribution in [2.45, 2.75) is 6.92 Å². The smallest absolute Gasteiger partial charge is 0.338 e. The van der Waals surface area contributed by atoms with Crippen LogP contribution in [0.1, 0.15) is 15.9 Å². The number of anilines is 1. The zero-order chi connectivity index (χ0) is 17.4. The third-order valence-electron chi connectivity index (χ3n) is 3.79. The van der Waals surface area contributed by atoms with Gasteiger partial charge in [-0.25, -0.2) is 9.78 Å². The molecule has 0 bridgehead atoms. The van der Waals surface area contributed by atoms with Crippen molar-refractivity contribution in [1.29, 1.82) is 0 Å². The Morgan fingerprint density at radius 2 is 1.88 bits per heavy atom. The van der Waals surface area contributed by atoms with E-state index >= 15 is 0 Å². The number of pyridine rings is 1. The van der Waals surface area contributed by atoms with E-state index in [1.54, 1.807) is 55.3 Å². The van der Waals surface area contributed by atoms with Crippen LogP contribution < -0.4 is 5.73 Å². The zero-order valence-electron chi connectivity index (χ0n) is 13.1. The summed E-state index contributed by atoms with van der Waals surface area (Å²) < 4.78 is 1.61. The third-order valence-corrected chi connectivity index (χ3v) is 4.04. The summed E-state index contributed by atoms with van der Waals surface area (Å²) in [5, 5.41) is 14.3. The van der Waals surface area contributed by atoms with Crippen LogP contribution in [0.5, 0.6) is 0 Å². The number of carboxylic acid groups (broad SMARTS) is 1. The normalized spacial score (nSPS) is 10.8. The summed E-state index contributed by atoms with van der Waals surface area (Å²) in [6.45, 7) is 1.70. The maximum Gasteiger partial charge on any atom is 0.338 e. The van der Waals surface area contributed by atoms with Crippen molar-refractivity contribution in [1.82, 2.24) is 14.8 Å². The number of aromatic carboxylic acids is 1. The molecule has 0 aliphatic heterocycles. The van der Waals surface area contributed by atoms with Crippen molar-refractivity contribution in [3.8, 4) is 22.5 Å². The number of benzene rings is 1. The average molecular weight is 343 g/mol. The van der Waals surface area contributed by atoms with Gasteiger partial charge in [-0.3, -0.25) is 4.68 Å². The standard InChI is InChI=1S/C17H15ClN4O2/c1-9-13(17(23)24)14(19)16(11-7-20-22(2)8-11)21-15(9)10-3-5-12(18)6-4-10/h3-8H,19H2,1-2H3,(H,23,24). The van der Waals surface area contributed by atoms with Gasteiger partial charge in [-0.05, 0) is 24.6 Å². The molecule has 3 aromatic rings. The fourth-order valence-corrected chi connectivity index (χ4v) is 2.75. The van der Waals surface area contributed by atoms with Crippen LogP contribution in [0.2, 0.25) is 5.02 Å². The molecule has 0 saturated heterocycles. The van der Waals surface area contributed by atoms with Crippen LogP contribution in [-0.4, -0.2) is 25.8 Å². The van der Waals surface area contributed by atoms with Crippen molar-refractivity contribution >= 4 is 23.3 Å². The highest BCUT2D eigenvalue weighted by Crippen LogP contribution is 2.34. The maximum atomic E-state index is 11.7. The number of nitrogen functional groups attached to an aromatic ring is 1. The number of aryl methyl sites for hydroxylation is 1. The molecule has 2 aromatic heterocycles. The first-order chi connectivity index (χ1) is 11.4. The van der Waals surface area contributed by atoms with Crippen LogP contribution in [-0.2, 0) is 7.05 Å². The highest BCUT2D eigenvalue weighted by molar-refractivity contribution is 6.30. The Morgan fingerprint density at radius 3 is 2.42 bits per heavy atom. The van der Waals surface area contributed by atoms with E-state index in [1.807, 2.05) is 0 Å². The summed E-state index contributed by atoms with van der Waals surface area (Å²) in [6.07, 6.45) is 3.34. The fraction of sp³-hybridized carbons (Fsp3) is 0.118. The molecule has 2 heterocycles. The Morgan fingerprint density at radius 1 is 1.21 bits per heavy atom. The van der Waals surface area contributed by atoms with Crippen LogP contribution in [0, 0.1) is 6.92 Å². The van der Waals surface area contributed by atoms with Crippen LogP contribution in [0.25, 0.3) is 22.5 Å². The lowest BCUT2D eigenvalue weighted by Gasteiger charge is -2.14. The van der Waals surface area contributed by atoms with Gasteiger partial charge in [0, 0.05) is 29.4 Å². The van der Waals surface area contributed by atoms with Gasteiger partial charge in [-0.2, -0.15) is 5.10 Å². The molecule has 1 aromatic carbocycles. The van der Waals surface area contributed by atoms with E-state index in [0.29, 0.717) is 27.5 Å². The number of hydrogen-bond acceptors (Lipinski definition) is 4. The molecule has 0 atom stereocenters. The second-order valence-electron chi connectivity index (χ2n) is 5.44. The van der Waals surface area contributed by atoms with E-state index in [4.69, 9.17) is 17.3 Å². The lowest BCUT2D eigenvalue weighted by atomic mass is 9.98. The number of nitrogens with two attached hydrogens (primary N) is 1. The van der Waals surface area contributed by atoms with E-state index in [-0.39, 0.29) is 11.3 Å². The molecule has 0 aliphatic rings. The number of hydrogen-bond donors (Lipinski definition) is 2.